The summed E-state index contributed by atoms with van der Waals surface area (Å²) in [6.07, 6.45) is 2.37. The number of carbonyl (C=O) groups is 1. The van der Waals surface area contributed by atoms with Crippen molar-refractivity contribution in [3.8, 4) is 0 Å². The molecule has 1 aliphatic rings. The molecule has 1 aromatic carbocycles. The number of fused-ring (bicyclic) bond motifs is 1. The van der Waals surface area contributed by atoms with Crippen LogP contribution in [0.5, 0.6) is 0 Å². The first-order chi connectivity index (χ1) is 14.0. The molecule has 0 saturated carbocycles. The molecule has 1 amide bonds. The maximum atomic E-state index is 13.0. The molecule has 152 valence electrons. The standard InChI is InChI=1S/C21H25N5O2S/c1-4-16-23-19-17(20(28)25(16)3)24-21(29-19)26-12-8-11-15(26)18(27)22-13(2)14-9-6-5-7-10-14/h5-7,9-10,13,15H,4,8,11-12H2,1-3H3,(H,22,27)/t13-,15?/m0/s1. The Hall–Kier alpha value is -2.74. The molecule has 8 heteroatoms. The molecule has 0 radical (unpaired) electrons. The fourth-order valence-corrected chi connectivity index (χ4v) is 4.85. The van der Waals surface area contributed by atoms with Crippen molar-refractivity contribution >= 4 is 32.7 Å². The van der Waals surface area contributed by atoms with E-state index in [1.54, 1.807) is 11.6 Å². The Bertz CT molecular complexity index is 1090. The molecule has 0 bridgehead atoms. The molecule has 1 aliphatic heterocycles. The molecule has 2 atom stereocenters. The third-order valence-electron chi connectivity index (χ3n) is 5.50. The number of carbonyl (C=O) groups excluding carboxylic acids is 1. The summed E-state index contributed by atoms with van der Waals surface area (Å²) in [5.41, 5.74) is 1.32. The summed E-state index contributed by atoms with van der Waals surface area (Å²) in [7, 11) is 1.73. The van der Waals surface area contributed by atoms with Crippen LogP contribution in [0.1, 0.15) is 44.1 Å². The highest BCUT2D eigenvalue weighted by atomic mass is 32.1. The van der Waals surface area contributed by atoms with E-state index in [-0.39, 0.29) is 23.6 Å². The van der Waals surface area contributed by atoms with Crippen molar-refractivity contribution in [3.63, 3.8) is 0 Å². The van der Waals surface area contributed by atoms with Crippen molar-refractivity contribution < 1.29 is 4.79 Å². The van der Waals surface area contributed by atoms with E-state index in [1.165, 1.54) is 11.3 Å². The number of anilines is 1. The minimum Gasteiger partial charge on any atom is -0.348 e. The third-order valence-corrected chi connectivity index (χ3v) is 6.49. The maximum Gasteiger partial charge on any atom is 0.280 e. The lowest BCUT2D eigenvalue weighted by atomic mass is 10.1. The molecule has 29 heavy (non-hydrogen) atoms. The number of hydrogen-bond donors (Lipinski definition) is 1. The van der Waals surface area contributed by atoms with E-state index in [4.69, 9.17) is 0 Å². The van der Waals surface area contributed by atoms with Crippen molar-refractivity contribution in [2.45, 2.75) is 45.2 Å². The van der Waals surface area contributed by atoms with Gasteiger partial charge in [0.2, 0.25) is 5.91 Å². The highest BCUT2D eigenvalue weighted by Gasteiger charge is 2.33. The van der Waals surface area contributed by atoms with Gasteiger partial charge in [0.1, 0.15) is 11.9 Å². The molecule has 3 aromatic rings. The van der Waals surface area contributed by atoms with Crippen LogP contribution in [-0.2, 0) is 18.3 Å². The number of thiazole rings is 1. The molecule has 4 rings (SSSR count). The predicted octanol–water partition coefficient (Wildman–Crippen LogP) is 2.80. The molecule has 1 N–H and O–H groups in total. The lowest BCUT2D eigenvalue weighted by Crippen LogP contribution is -2.44. The number of rotatable bonds is 5. The third kappa shape index (κ3) is 3.64. The summed E-state index contributed by atoms with van der Waals surface area (Å²) in [6.45, 7) is 4.72. The SMILES string of the molecule is CCc1nc2sc(N3CCCC3C(=O)N[C@@H](C)c3ccccc3)nc2c(=O)n1C. The quantitative estimate of drug-likeness (QED) is 0.698. The smallest absolute Gasteiger partial charge is 0.280 e. The topological polar surface area (TPSA) is 80.1 Å². The Morgan fingerprint density at radius 2 is 2.07 bits per heavy atom. The summed E-state index contributed by atoms with van der Waals surface area (Å²) in [5, 5.41) is 3.82. The van der Waals surface area contributed by atoms with E-state index in [0.29, 0.717) is 21.9 Å². The van der Waals surface area contributed by atoms with Crippen molar-refractivity contribution in [2.24, 2.45) is 7.05 Å². The van der Waals surface area contributed by atoms with Gasteiger partial charge in [0.25, 0.3) is 5.56 Å². The number of hydrogen-bond acceptors (Lipinski definition) is 6. The van der Waals surface area contributed by atoms with Crippen molar-refractivity contribution in [1.29, 1.82) is 0 Å². The summed E-state index contributed by atoms with van der Waals surface area (Å²) < 4.78 is 1.56. The summed E-state index contributed by atoms with van der Waals surface area (Å²) >= 11 is 1.39. The Labute approximate surface area is 173 Å². The first-order valence-corrected chi connectivity index (χ1v) is 10.8. The van der Waals surface area contributed by atoms with E-state index in [2.05, 4.69) is 15.3 Å². The van der Waals surface area contributed by atoms with Crippen LogP contribution >= 0.6 is 11.3 Å². The molecule has 0 aliphatic carbocycles. The average molecular weight is 412 g/mol. The fourth-order valence-electron chi connectivity index (χ4n) is 3.83. The minimum absolute atomic E-state index is 0.00628. The molecular weight excluding hydrogens is 386 g/mol. The normalized spacial score (nSPS) is 17.6. The zero-order valence-electron chi connectivity index (χ0n) is 16.9. The van der Waals surface area contributed by atoms with Gasteiger partial charge in [0, 0.05) is 20.0 Å². The Balaban J connectivity index is 1.59. The summed E-state index contributed by atoms with van der Waals surface area (Å²) in [5.74, 6) is 0.735. The van der Waals surface area contributed by atoms with Gasteiger partial charge in [-0.05, 0) is 25.3 Å². The lowest BCUT2D eigenvalue weighted by Gasteiger charge is -2.25. The number of nitrogens with zero attached hydrogens (tertiary/aromatic N) is 4. The molecule has 0 spiro atoms. The largest absolute Gasteiger partial charge is 0.348 e. The van der Waals surface area contributed by atoms with Crippen LogP contribution in [0.2, 0.25) is 0 Å². The van der Waals surface area contributed by atoms with Crippen LogP contribution in [0.3, 0.4) is 0 Å². The van der Waals surface area contributed by atoms with E-state index < -0.39 is 0 Å². The number of nitrogens with one attached hydrogen (secondary N) is 1. The van der Waals surface area contributed by atoms with Crippen LogP contribution in [0.25, 0.3) is 10.3 Å². The second kappa shape index (κ2) is 7.94. The molecule has 2 aromatic heterocycles. The van der Waals surface area contributed by atoms with Crippen molar-refractivity contribution in [1.82, 2.24) is 19.9 Å². The number of aryl methyl sites for hydroxylation is 1. The van der Waals surface area contributed by atoms with Crippen molar-refractivity contribution in [2.75, 3.05) is 11.4 Å². The molecule has 1 unspecified atom stereocenters. The Morgan fingerprint density at radius 3 is 2.79 bits per heavy atom. The van der Waals surface area contributed by atoms with Crippen LogP contribution < -0.4 is 15.8 Å². The first-order valence-electron chi connectivity index (χ1n) is 9.98. The van der Waals surface area contributed by atoms with Crippen LogP contribution in [0.4, 0.5) is 5.13 Å². The number of amides is 1. The molecule has 3 heterocycles. The molecule has 1 saturated heterocycles. The van der Waals surface area contributed by atoms with Gasteiger partial charge in [-0.25, -0.2) is 9.97 Å². The van der Waals surface area contributed by atoms with Crippen LogP contribution in [0.15, 0.2) is 35.1 Å². The predicted molar refractivity (Wildman–Crippen MR) is 115 cm³/mol. The van der Waals surface area contributed by atoms with Gasteiger partial charge in [-0.15, -0.1) is 0 Å². The van der Waals surface area contributed by atoms with Gasteiger partial charge < -0.3 is 10.2 Å². The zero-order valence-corrected chi connectivity index (χ0v) is 17.7. The van der Waals surface area contributed by atoms with Gasteiger partial charge in [-0.3, -0.25) is 14.2 Å². The molecular formula is C21H25N5O2S. The summed E-state index contributed by atoms with van der Waals surface area (Å²) in [4.78, 5) is 37.4. The van der Waals surface area contributed by atoms with Gasteiger partial charge in [-0.1, -0.05) is 48.6 Å². The van der Waals surface area contributed by atoms with E-state index in [9.17, 15) is 9.59 Å². The maximum absolute atomic E-state index is 13.0. The van der Waals surface area contributed by atoms with Gasteiger partial charge in [-0.2, -0.15) is 0 Å². The Morgan fingerprint density at radius 1 is 1.31 bits per heavy atom. The van der Waals surface area contributed by atoms with E-state index >= 15 is 0 Å². The average Bonchev–Trinajstić information content (AvgIpc) is 3.38. The minimum atomic E-state index is -0.281. The van der Waals surface area contributed by atoms with Crippen LogP contribution in [-0.4, -0.2) is 33.0 Å². The van der Waals surface area contributed by atoms with E-state index in [1.807, 2.05) is 49.1 Å². The van der Waals surface area contributed by atoms with Gasteiger partial charge >= 0.3 is 0 Å². The summed E-state index contributed by atoms with van der Waals surface area (Å²) in [6, 6.07) is 9.58. The second-order valence-electron chi connectivity index (χ2n) is 7.39. The monoisotopic (exact) mass is 411 g/mol. The van der Waals surface area contributed by atoms with Crippen molar-refractivity contribution in [3.05, 3.63) is 52.1 Å². The molecule has 1 fully saturated rings. The highest BCUT2D eigenvalue weighted by Crippen LogP contribution is 2.32. The number of benzene rings is 1. The van der Waals surface area contributed by atoms with Gasteiger partial charge in [0.15, 0.2) is 15.5 Å². The van der Waals surface area contributed by atoms with Crippen LogP contribution in [0, 0.1) is 0 Å². The molecule has 7 nitrogen and oxygen atoms in total. The first kappa shape index (κ1) is 19.6. The number of aromatic nitrogens is 3. The van der Waals surface area contributed by atoms with Gasteiger partial charge in [0.05, 0.1) is 6.04 Å². The zero-order chi connectivity index (χ0) is 20.5. The fraction of sp³-hybridized carbons (Fsp3) is 0.429. The highest BCUT2D eigenvalue weighted by molar-refractivity contribution is 7.21. The van der Waals surface area contributed by atoms with E-state index in [0.717, 1.165) is 30.8 Å². The lowest BCUT2D eigenvalue weighted by molar-refractivity contribution is -0.122. The Kier molecular flexibility index (Phi) is 5.36. The second-order valence-corrected chi connectivity index (χ2v) is 8.34.